The van der Waals surface area contributed by atoms with Gasteiger partial charge >= 0.3 is 0 Å². The van der Waals surface area contributed by atoms with E-state index in [2.05, 4.69) is 20.6 Å². The van der Waals surface area contributed by atoms with Crippen LogP contribution in [0, 0.1) is 13.8 Å². The fourth-order valence-electron chi connectivity index (χ4n) is 2.80. The van der Waals surface area contributed by atoms with Crippen molar-refractivity contribution in [2.24, 2.45) is 0 Å². The summed E-state index contributed by atoms with van der Waals surface area (Å²) >= 11 is 0. The van der Waals surface area contributed by atoms with Gasteiger partial charge in [-0.15, -0.1) is 0 Å². The molecule has 2 aromatic carbocycles. The van der Waals surface area contributed by atoms with Crippen LogP contribution in [0.25, 0.3) is 0 Å². The first-order chi connectivity index (χ1) is 13.5. The lowest BCUT2D eigenvalue weighted by molar-refractivity contribution is 0.102. The third-order valence-electron chi connectivity index (χ3n) is 4.03. The molecule has 0 saturated heterocycles. The van der Waals surface area contributed by atoms with Crippen molar-refractivity contribution in [2.45, 2.75) is 13.8 Å². The van der Waals surface area contributed by atoms with Gasteiger partial charge in [-0.05, 0) is 49.2 Å². The van der Waals surface area contributed by atoms with E-state index in [1.165, 1.54) is 12.4 Å². The Hall–Kier alpha value is -3.61. The number of carbonyl (C=O) groups excluding carboxylic acids is 1. The van der Waals surface area contributed by atoms with Gasteiger partial charge in [0.25, 0.3) is 5.91 Å². The molecule has 7 heteroatoms. The lowest BCUT2D eigenvalue weighted by atomic mass is 10.1. The highest BCUT2D eigenvalue weighted by Gasteiger charge is 2.11. The molecule has 0 radical (unpaired) electrons. The number of nitrogens with zero attached hydrogens (tertiary/aromatic N) is 2. The highest BCUT2D eigenvalue weighted by molar-refractivity contribution is 6.02. The van der Waals surface area contributed by atoms with Crippen molar-refractivity contribution >= 4 is 23.1 Å². The average molecular weight is 378 g/mol. The smallest absolute Gasteiger partial charge is 0.275 e. The van der Waals surface area contributed by atoms with E-state index in [9.17, 15) is 4.79 Å². The van der Waals surface area contributed by atoms with Gasteiger partial charge < -0.3 is 20.1 Å². The number of amides is 1. The van der Waals surface area contributed by atoms with E-state index in [0.29, 0.717) is 23.0 Å². The number of carbonyl (C=O) groups is 1. The molecule has 0 saturated carbocycles. The quantitative estimate of drug-likeness (QED) is 0.671. The van der Waals surface area contributed by atoms with Crippen LogP contribution in [0.5, 0.6) is 11.5 Å². The molecule has 0 unspecified atom stereocenters. The summed E-state index contributed by atoms with van der Waals surface area (Å²) in [6, 6.07) is 11.2. The molecule has 1 heterocycles. The van der Waals surface area contributed by atoms with Crippen LogP contribution in [0.15, 0.2) is 48.8 Å². The molecule has 0 aliphatic rings. The fraction of sp³-hybridized carbons (Fsp3) is 0.190. The van der Waals surface area contributed by atoms with E-state index in [-0.39, 0.29) is 11.6 Å². The molecular weight excluding hydrogens is 356 g/mol. The summed E-state index contributed by atoms with van der Waals surface area (Å²) in [5, 5.41) is 5.96. The molecule has 1 amide bonds. The number of anilines is 3. The molecular formula is C21H22N4O3. The Morgan fingerprint density at radius 2 is 1.68 bits per heavy atom. The number of hydrogen-bond acceptors (Lipinski definition) is 6. The third-order valence-corrected chi connectivity index (χ3v) is 4.03. The molecule has 3 aromatic rings. The topological polar surface area (TPSA) is 85.4 Å². The molecule has 0 fully saturated rings. The molecule has 28 heavy (non-hydrogen) atoms. The number of hydrogen-bond donors (Lipinski definition) is 2. The Morgan fingerprint density at radius 3 is 2.29 bits per heavy atom. The van der Waals surface area contributed by atoms with Crippen LogP contribution in [-0.4, -0.2) is 30.1 Å². The van der Waals surface area contributed by atoms with Gasteiger partial charge in [0.05, 0.1) is 32.3 Å². The van der Waals surface area contributed by atoms with Crippen molar-refractivity contribution in [3.63, 3.8) is 0 Å². The summed E-state index contributed by atoms with van der Waals surface area (Å²) in [6.07, 6.45) is 2.92. The Bertz CT molecular complexity index is 967. The van der Waals surface area contributed by atoms with E-state index < -0.39 is 0 Å². The molecule has 0 aliphatic carbocycles. The molecule has 0 aliphatic heterocycles. The van der Waals surface area contributed by atoms with Crippen LogP contribution < -0.4 is 20.1 Å². The first kappa shape index (κ1) is 19.2. The zero-order valence-corrected chi connectivity index (χ0v) is 16.2. The highest BCUT2D eigenvalue weighted by Crippen LogP contribution is 2.30. The number of aromatic nitrogens is 2. The van der Waals surface area contributed by atoms with Crippen molar-refractivity contribution < 1.29 is 14.3 Å². The molecule has 0 bridgehead atoms. The van der Waals surface area contributed by atoms with Gasteiger partial charge in [0.2, 0.25) is 0 Å². The van der Waals surface area contributed by atoms with Crippen molar-refractivity contribution in [2.75, 3.05) is 24.9 Å². The van der Waals surface area contributed by atoms with Gasteiger partial charge in [0, 0.05) is 11.8 Å². The van der Waals surface area contributed by atoms with Crippen LogP contribution in [0.4, 0.5) is 17.2 Å². The molecule has 2 N–H and O–H groups in total. The third kappa shape index (κ3) is 4.56. The average Bonchev–Trinajstić information content (AvgIpc) is 2.67. The van der Waals surface area contributed by atoms with E-state index in [4.69, 9.17) is 9.47 Å². The lowest BCUT2D eigenvalue weighted by Gasteiger charge is -2.12. The summed E-state index contributed by atoms with van der Waals surface area (Å²) in [6.45, 7) is 3.96. The Kier molecular flexibility index (Phi) is 5.74. The second-order valence-corrected chi connectivity index (χ2v) is 6.31. The summed E-state index contributed by atoms with van der Waals surface area (Å²) in [5.74, 6) is 1.48. The summed E-state index contributed by atoms with van der Waals surface area (Å²) in [7, 11) is 3.17. The maximum atomic E-state index is 12.4. The minimum atomic E-state index is -0.317. The largest absolute Gasteiger partial charge is 0.497 e. The number of ether oxygens (including phenoxy) is 2. The summed E-state index contributed by atoms with van der Waals surface area (Å²) in [4.78, 5) is 20.9. The van der Waals surface area contributed by atoms with Crippen LogP contribution in [-0.2, 0) is 0 Å². The second-order valence-electron chi connectivity index (χ2n) is 6.31. The minimum absolute atomic E-state index is 0.224. The van der Waals surface area contributed by atoms with Gasteiger partial charge in [-0.2, -0.15) is 0 Å². The van der Waals surface area contributed by atoms with E-state index in [1.54, 1.807) is 32.4 Å². The van der Waals surface area contributed by atoms with Crippen molar-refractivity contribution in [3.8, 4) is 11.5 Å². The number of nitrogens with one attached hydrogen (secondary N) is 2. The first-order valence-corrected chi connectivity index (χ1v) is 8.69. The normalized spacial score (nSPS) is 10.3. The van der Waals surface area contributed by atoms with E-state index in [1.807, 2.05) is 32.0 Å². The SMILES string of the molecule is COc1ccc(OC)c(Nc2cnc(C(=O)Nc3cc(C)cc(C)c3)cn2)c1. The van der Waals surface area contributed by atoms with Crippen LogP contribution >= 0.6 is 0 Å². The Balaban J connectivity index is 1.74. The second kappa shape index (κ2) is 8.39. The Morgan fingerprint density at radius 1 is 0.929 bits per heavy atom. The zero-order valence-electron chi connectivity index (χ0n) is 16.2. The maximum Gasteiger partial charge on any atom is 0.275 e. The van der Waals surface area contributed by atoms with Crippen molar-refractivity contribution in [1.29, 1.82) is 0 Å². The Labute approximate surface area is 163 Å². The van der Waals surface area contributed by atoms with Crippen molar-refractivity contribution in [3.05, 3.63) is 65.6 Å². The van der Waals surface area contributed by atoms with Crippen molar-refractivity contribution in [1.82, 2.24) is 9.97 Å². The molecule has 3 rings (SSSR count). The predicted octanol–water partition coefficient (Wildman–Crippen LogP) is 4.11. The van der Waals surface area contributed by atoms with Crippen LogP contribution in [0.1, 0.15) is 21.6 Å². The first-order valence-electron chi connectivity index (χ1n) is 8.69. The molecule has 1 aromatic heterocycles. The van der Waals surface area contributed by atoms with Gasteiger partial charge in [0.15, 0.2) is 0 Å². The number of benzene rings is 2. The van der Waals surface area contributed by atoms with Crippen LogP contribution in [0.2, 0.25) is 0 Å². The van der Waals surface area contributed by atoms with Gasteiger partial charge in [-0.25, -0.2) is 9.97 Å². The molecule has 0 spiro atoms. The number of methoxy groups -OCH3 is 2. The minimum Gasteiger partial charge on any atom is -0.497 e. The van der Waals surface area contributed by atoms with Gasteiger partial charge in [0.1, 0.15) is 23.0 Å². The molecule has 0 atom stereocenters. The standard InChI is InChI=1S/C21H22N4O3/c1-13-7-14(2)9-15(8-13)24-21(26)18-11-23-20(12-22-18)25-17-10-16(27-3)5-6-19(17)28-4/h5-12H,1-4H3,(H,23,25)(H,24,26). The van der Waals surface area contributed by atoms with E-state index >= 15 is 0 Å². The molecule has 7 nitrogen and oxygen atoms in total. The zero-order chi connectivity index (χ0) is 20.1. The fourth-order valence-corrected chi connectivity index (χ4v) is 2.80. The maximum absolute atomic E-state index is 12.4. The summed E-state index contributed by atoms with van der Waals surface area (Å²) < 4.78 is 10.6. The lowest BCUT2D eigenvalue weighted by Crippen LogP contribution is -2.14. The number of aryl methyl sites for hydroxylation is 2. The molecule has 144 valence electrons. The predicted molar refractivity (Wildman–Crippen MR) is 109 cm³/mol. The summed E-state index contributed by atoms with van der Waals surface area (Å²) in [5.41, 5.74) is 3.79. The van der Waals surface area contributed by atoms with E-state index in [0.717, 1.165) is 16.8 Å². The monoisotopic (exact) mass is 378 g/mol. The van der Waals surface area contributed by atoms with Gasteiger partial charge in [-0.1, -0.05) is 6.07 Å². The highest BCUT2D eigenvalue weighted by atomic mass is 16.5. The van der Waals surface area contributed by atoms with Crippen LogP contribution in [0.3, 0.4) is 0 Å². The number of rotatable bonds is 6. The van der Waals surface area contributed by atoms with Gasteiger partial charge in [-0.3, -0.25) is 4.79 Å².